The van der Waals surface area contributed by atoms with Crippen LogP contribution in [0.15, 0.2) is 42.5 Å². The maximum absolute atomic E-state index is 12.1. The minimum absolute atomic E-state index is 0.101. The van der Waals surface area contributed by atoms with Gasteiger partial charge in [-0.1, -0.05) is 47.5 Å². The van der Waals surface area contributed by atoms with Crippen LogP contribution in [0.4, 0.5) is 5.69 Å². The number of carbonyl (C=O) groups is 1. The lowest BCUT2D eigenvalue weighted by molar-refractivity contribution is 0.0600. The van der Waals surface area contributed by atoms with E-state index in [0.717, 1.165) is 23.2 Å². The molecule has 1 N–H and O–H groups in total. The van der Waals surface area contributed by atoms with E-state index in [1.807, 2.05) is 37.3 Å². The van der Waals surface area contributed by atoms with Gasteiger partial charge in [-0.3, -0.25) is 0 Å². The fraction of sp³-hybridized carbons (Fsp3) is 0.286. The van der Waals surface area contributed by atoms with Crippen molar-refractivity contribution >= 4 is 34.9 Å². The van der Waals surface area contributed by atoms with Crippen LogP contribution >= 0.6 is 23.2 Å². The number of methoxy groups -OCH3 is 1. The molecular formula is C21H19Cl2NO2. The molecule has 4 rings (SSSR count). The number of esters is 1. The standard InChI is InChI=1S/C21H19Cl2NO2/c1-11-13(21(25)26-2)7-8-16-14-4-3-5-15(14)20(24-19(11)16)12-6-9-17(22)18(23)10-12/h3-4,6-10,14-15,20,24H,5H2,1-2H3/t14-,15-,20+/m0/s1. The van der Waals surface area contributed by atoms with Crippen LogP contribution in [0.2, 0.25) is 10.0 Å². The number of allylic oxidation sites excluding steroid dienone is 2. The maximum Gasteiger partial charge on any atom is 0.338 e. The Morgan fingerprint density at radius 2 is 2.00 bits per heavy atom. The van der Waals surface area contributed by atoms with E-state index in [1.54, 1.807) is 0 Å². The van der Waals surface area contributed by atoms with Gasteiger partial charge in [-0.15, -0.1) is 0 Å². The van der Waals surface area contributed by atoms with Gasteiger partial charge in [0.05, 0.1) is 28.8 Å². The fourth-order valence-corrected chi connectivity index (χ4v) is 4.49. The number of anilines is 1. The van der Waals surface area contributed by atoms with Crippen molar-refractivity contribution in [3.8, 4) is 0 Å². The summed E-state index contributed by atoms with van der Waals surface area (Å²) in [5, 5.41) is 4.78. The molecule has 0 bridgehead atoms. The average molecular weight is 388 g/mol. The van der Waals surface area contributed by atoms with Crippen molar-refractivity contribution in [3.05, 3.63) is 74.8 Å². The lowest BCUT2D eigenvalue weighted by Crippen LogP contribution is -2.30. The first-order valence-electron chi connectivity index (χ1n) is 8.61. The Morgan fingerprint density at radius 3 is 2.73 bits per heavy atom. The normalized spacial score (nSPS) is 23.2. The minimum atomic E-state index is -0.317. The first-order chi connectivity index (χ1) is 12.5. The summed E-state index contributed by atoms with van der Waals surface area (Å²) < 4.78 is 4.92. The third-order valence-corrected chi connectivity index (χ3v) is 6.24. The van der Waals surface area contributed by atoms with Crippen molar-refractivity contribution in [2.24, 2.45) is 5.92 Å². The SMILES string of the molecule is COC(=O)c1ccc2c(c1C)N[C@H](c1ccc(Cl)c(Cl)c1)[C@H]1CC=C[C@H]21. The van der Waals surface area contributed by atoms with Gasteiger partial charge in [0.25, 0.3) is 0 Å². The number of halogens is 2. The number of fused-ring (bicyclic) bond motifs is 3. The van der Waals surface area contributed by atoms with Crippen LogP contribution in [0.25, 0.3) is 0 Å². The zero-order valence-corrected chi connectivity index (χ0v) is 16.1. The van der Waals surface area contributed by atoms with E-state index in [1.165, 1.54) is 12.7 Å². The highest BCUT2D eigenvalue weighted by atomic mass is 35.5. The second-order valence-electron chi connectivity index (χ2n) is 6.84. The Hall–Kier alpha value is -1.97. The van der Waals surface area contributed by atoms with Gasteiger partial charge in [0.2, 0.25) is 0 Å². The number of hydrogen-bond acceptors (Lipinski definition) is 3. The van der Waals surface area contributed by atoms with Crippen LogP contribution in [0.3, 0.4) is 0 Å². The zero-order chi connectivity index (χ0) is 18.4. The second kappa shape index (κ2) is 6.64. The van der Waals surface area contributed by atoms with Gasteiger partial charge in [0, 0.05) is 11.6 Å². The average Bonchev–Trinajstić information content (AvgIpc) is 3.13. The predicted octanol–water partition coefficient (Wildman–Crippen LogP) is 5.91. The molecule has 1 aliphatic carbocycles. The van der Waals surface area contributed by atoms with Gasteiger partial charge in [-0.2, -0.15) is 0 Å². The monoisotopic (exact) mass is 387 g/mol. The van der Waals surface area contributed by atoms with Crippen LogP contribution in [0.1, 0.15) is 45.4 Å². The summed E-state index contributed by atoms with van der Waals surface area (Å²) in [4.78, 5) is 12.1. The van der Waals surface area contributed by atoms with Gasteiger partial charge >= 0.3 is 5.97 Å². The first kappa shape index (κ1) is 17.4. The highest BCUT2D eigenvalue weighted by molar-refractivity contribution is 6.42. The summed E-state index contributed by atoms with van der Waals surface area (Å²) in [6.45, 7) is 1.96. The van der Waals surface area contributed by atoms with Crippen LogP contribution in [-0.4, -0.2) is 13.1 Å². The summed E-state index contributed by atoms with van der Waals surface area (Å²) in [5.41, 5.74) is 4.85. The number of hydrogen-bond donors (Lipinski definition) is 1. The van der Waals surface area contributed by atoms with Crippen molar-refractivity contribution < 1.29 is 9.53 Å². The molecule has 3 atom stereocenters. The molecule has 3 nitrogen and oxygen atoms in total. The fourth-order valence-electron chi connectivity index (χ4n) is 4.18. The molecule has 0 aromatic heterocycles. The molecule has 0 unspecified atom stereocenters. The topological polar surface area (TPSA) is 38.3 Å². The molecule has 26 heavy (non-hydrogen) atoms. The van der Waals surface area contributed by atoms with Gasteiger partial charge in [-0.25, -0.2) is 4.79 Å². The molecule has 2 aromatic rings. The van der Waals surface area contributed by atoms with Crippen LogP contribution in [0.5, 0.6) is 0 Å². The number of ether oxygens (including phenoxy) is 1. The molecule has 5 heteroatoms. The zero-order valence-electron chi connectivity index (χ0n) is 14.6. The van der Waals surface area contributed by atoms with Crippen LogP contribution in [0, 0.1) is 12.8 Å². The Morgan fingerprint density at radius 1 is 1.19 bits per heavy atom. The van der Waals surface area contributed by atoms with E-state index < -0.39 is 0 Å². The third kappa shape index (κ3) is 2.70. The molecule has 1 heterocycles. The first-order valence-corrected chi connectivity index (χ1v) is 9.36. The van der Waals surface area contributed by atoms with E-state index in [0.29, 0.717) is 27.4 Å². The van der Waals surface area contributed by atoms with Gasteiger partial charge < -0.3 is 10.1 Å². The molecule has 0 spiro atoms. The quantitative estimate of drug-likeness (QED) is 0.513. The van der Waals surface area contributed by atoms with E-state index in [4.69, 9.17) is 27.9 Å². The molecular weight excluding hydrogens is 369 g/mol. The van der Waals surface area contributed by atoms with E-state index in [-0.39, 0.29) is 12.0 Å². The molecule has 1 aliphatic heterocycles. The summed E-state index contributed by atoms with van der Waals surface area (Å²) in [6.07, 6.45) is 5.51. The summed E-state index contributed by atoms with van der Waals surface area (Å²) in [6, 6.07) is 9.80. The third-order valence-electron chi connectivity index (χ3n) is 5.51. The minimum Gasteiger partial charge on any atom is -0.465 e. The van der Waals surface area contributed by atoms with Gasteiger partial charge in [0.1, 0.15) is 0 Å². The van der Waals surface area contributed by atoms with Crippen LogP contribution in [-0.2, 0) is 4.74 Å². The molecule has 0 saturated heterocycles. The summed E-state index contributed by atoms with van der Waals surface area (Å²) in [7, 11) is 1.41. The van der Waals surface area contributed by atoms with Crippen LogP contribution < -0.4 is 5.32 Å². The molecule has 0 amide bonds. The Labute approximate surface area is 163 Å². The van der Waals surface area contributed by atoms with E-state index in [2.05, 4.69) is 17.5 Å². The van der Waals surface area contributed by atoms with E-state index >= 15 is 0 Å². The van der Waals surface area contributed by atoms with E-state index in [9.17, 15) is 4.79 Å². The Balaban J connectivity index is 1.82. The lowest BCUT2D eigenvalue weighted by atomic mass is 9.76. The largest absolute Gasteiger partial charge is 0.465 e. The molecule has 0 fully saturated rings. The van der Waals surface area contributed by atoms with Crippen molar-refractivity contribution in [1.82, 2.24) is 0 Å². The van der Waals surface area contributed by atoms with Crippen molar-refractivity contribution in [3.63, 3.8) is 0 Å². The highest BCUT2D eigenvalue weighted by Gasteiger charge is 2.39. The molecule has 134 valence electrons. The molecule has 2 aromatic carbocycles. The summed E-state index contributed by atoms with van der Waals surface area (Å²) in [5.74, 6) is 0.404. The van der Waals surface area contributed by atoms with Crippen molar-refractivity contribution in [2.75, 3.05) is 12.4 Å². The molecule has 2 aliphatic rings. The number of rotatable bonds is 2. The van der Waals surface area contributed by atoms with Gasteiger partial charge in [0.15, 0.2) is 0 Å². The Kier molecular flexibility index (Phi) is 4.45. The Bertz CT molecular complexity index is 922. The second-order valence-corrected chi connectivity index (χ2v) is 7.66. The predicted molar refractivity (Wildman–Crippen MR) is 105 cm³/mol. The highest BCUT2D eigenvalue weighted by Crippen LogP contribution is 2.51. The number of nitrogens with one attached hydrogen (secondary N) is 1. The number of benzene rings is 2. The lowest BCUT2D eigenvalue weighted by Gasteiger charge is -2.38. The van der Waals surface area contributed by atoms with Crippen molar-refractivity contribution in [2.45, 2.75) is 25.3 Å². The smallest absolute Gasteiger partial charge is 0.338 e. The molecule has 0 radical (unpaired) electrons. The maximum atomic E-state index is 12.1. The van der Waals surface area contributed by atoms with Crippen molar-refractivity contribution in [1.29, 1.82) is 0 Å². The van der Waals surface area contributed by atoms with Gasteiger partial charge in [-0.05, 0) is 54.2 Å². The summed E-state index contributed by atoms with van der Waals surface area (Å²) >= 11 is 12.3. The molecule has 0 saturated carbocycles. The number of carbonyl (C=O) groups excluding carboxylic acids is 1.